The Balaban J connectivity index is 2.62. The molecule has 74 valence electrons. The lowest BCUT2D eigenvalue weighted by atomic mass is 10.4. The molecule has 1 aromatic rings. The molecule has 0 N–H and O–H groups in total. The van der Waals surface area contributed by atoms with E-state index in [1.54, 1.807) is 11.3 Å². The number of hydrogen-bond acceptors (Lipinski definition) is 4. The van der Waals surface area contributed by atoms with Crippen molar-refractivity contribution < 1.29 is 0 Å². The van der Waals surface area contributed by atoms with E-state index in [9.17, 15) is 0 Å². The molecule has 0 aliphatic carbocycles. The molecule has 0 atom stereocenters. The van der Waals surface area contributed by atoms with Gasteiger partial charge in [0.2, 0.25) is 6.19 Å². The second-order valence-corrected chi connectivity index (χ2v) is 4.44. The second-order valence-electron chi connectivity index (χ2n) is 2.63. The monoisotopic (exact) mass is 225 g/mol. The summed E-state index contributed by atoms with van der Waals surface area (Å²) < 4.78 is 0. The number of aliphatic imine (C=N–C) groups is 1. The van der Waals surface area contributed by atoms with Crippen LogP contribution in [0.1, 0.15) is 4.88 Å². The van der Waals surface area contributed by atoms with Gasteiger partial charge in [-0.25, -0.2) is 0 Å². The first kappa shape index (κ1) is 11.1. The molecule has 1 heterocycles. The largest absolute Gasteiger partial charge is 0.348 e. The minimum Gasteiger partial charge on any atom is -0.348 e. The molecule has 0 aromatic carbocycles. The maximum atomic E-state index is 8.47. The second kappa shape index (κ2) is 5.68. The van der Waals surface area contributed by atoms with Gasteiger partial charge in [0, 0.05) is 11.9 Å². The average molecular weight is 225 g/mol. The smallest absolute Gasteiger partial charge is 0.208 e. The van der Waals surface area contributed by atoms with Crippen LogP contribution in [0.5, 0.6) is 0 Å². The molecule has 0 radical (unpaired) electrons. The van der Waals surface area contributed by atoms with Crippen molar-refractivity contribution in [1.29, 1.82) is 5.26 Å². The zero-order chi connectivity index (χ0) is 10.4. The van der Waals surface area contributed by atoms with E-state index in [4.69, 9.17) is 5.26 Å². The number of thioether (sulfide) groups is 1. The van der Waals surface area contributed by atoms with Crippen LogP contribution >= 0.6 is 23.1 Å². The highest BCUT2D eigenvalue weighted by molar-refractivity contribution is 8.13. The van der Waals surface area contributed by atoms with Crippen molar-refractivity contribution in [1.82, 2.24) is 4.90 Å². The molecule has 0 aliphatic heterocycles. The van der Waals surface area contributed by atoms with E-state index in [0.29, 0.717) is 0 Å². The lowest BCUT2D eigenvalue weighted by Crippen LogP contribution is -2.22. The van der Waals surface area contributed by atoms with E-state index in [2.05, 4.69) is 11.1 Å². The number of nitrogens with zero attached hydrogens (tertiary/aromatic N) is 3. The van der Waals surface area contributed by atoms with Crippen molar-refractivity contribution in [3.63, 3.8) is 0 Å². The van der Waals surface area contributed by atoms with E-state index in [0.717, 1.165) is 11.7 Å². The fraction of sp³-hybridized carbons (Fsp3) is 0.333. The number of nitriles is 1. The molecule has 1 rings (SSSR count). The normalized spacial score (nSPS) is 11.1. The van der Waals surface area contributed by atoms with Crippen LogP contribution in [0.2, 0.25) is 0 Å². The van der Waals surface area contributed by atoms with Gasteiger partial charge >= 0.3 is 0 Å². The summed E-state index contributed by atoms with van der Waals surface area (Å²) in [5, 5.41) is 11.3. The van der Waals surface area contributed by atoms with Gasteiger partial charge < -0.3 is 4.90 Å². The summed E-state index contributed by atoms with van der Waals surface area (Å²) in [6, 6.07) is 4.10. The maximum Gasteiger partial charge on any atom is 0.208 e. The van der Waals surface area contributed by atoms with Crippen LogP contribution in [-0.2, 0) is 6.54 Å². The molecule has 0 saturated heterocycles. The summed E-state index contributed by atoms with van der Waals surface area (Å²) in [6.45, 7) is 0.805. The van der Waals surface area contributed by atoms with Crippen LogP contribution in [0.4, 0.5) is 0 Å². The Morgan fingerprint density at radius 1 is 1.79 bits per heavy atom. The number of amidine groups is 1. The fourth-order valence-electron chi connectivity index (χ4n) is 1.03. The third-order valence-corrected chi connectivity index (χ3v) is 3.26. The molecule has 14 heavy (non-hydrogen) atoms. The van der Waals surface area contributed by atoms with Gasteiger partial charge in [-0.3, -0.25) is 0 Å². The van der Waals surface area contributed by atoms with Gasteiger partial charge in [0.1, 0.15) is 0 Å². The highest BCUT2D eigenvalue weighted by atomic mass is 32.2. The summed E-state index contributed by atoms with van der Waals surface area (Å²) in [5.74, 6) is 0. The zero-order valence-corrected chi connectivity index (χ0v) is 9.73. The lowest BCUT2D eigenvalue weighted by molar-refractivity contribution is 0.516. The first-order valence-corrected chi connectivity index (χ1v) is 6.12. The molecule has 0 aliphatic rings. The average Bonchev–Trinajstić information content (AvgIpc) is 2.66. The van der Waals surface area contributed by atoms with Gasteiger partial charge in [-0.15, -0.1) is 16.3 Å². The highest BCUT2D eigenvalue weighted by Crippen LogP contribution is 2.13. The predicted molar refractivity (Wildman–Crippen MR) is 62.3 cm³/mol. The number of hydrogen-bond donors (Lipinski definition) is 0. The highest BCUT2D eigenvalue weighted by Gasteiger charge is 2.06. The summed E-state index contributed by atoms with van der Waals surface area (Å²) in [6.07, 6.45) is 3.73. The van der Waals surface area contributed by atoms with Crippen LogP contribution in [0.3, 0.4) is 0 Å². The molecular weight excluding hydrogens is 214 g/mol. The molecule has 0 bridgehead atoms. The summed E-state index contributed by atoms with van der Waals surface area (Å²) in [4.78, 5) is 6.98. The molecular formula is C9H11N3S2. The minimum absolute atomic E-state index is 0.751. The van der Waals surface area contributed by atoms with E-state index in [1.807, 2.05) is 35.8 Å². The minimum atomic E-state index is 0.751. The third-order valence-electron chi connectivity index (χ3n) is 1.63. The Hall–Kier alpha value is -0.990. The molecule has 1 aromatic heterocycles. The predicted octanol–water partition coefficient (Wildman–Crippen LogP) is 2.38. The molecule has 0 fully saturated rings. The van der Waals surface area contributed by atoms with E-state index in [1.165, 1.54) is 16.6 Å². The van der Waals surface area contributed by atoms with Crippen molar-refractivity contribution in [2.45, 2.75) is 6.54 Å². The van der Waals surface area contributed by atoms with E-state index < -0.39 is 0 Å². The van der Waals surface area contributed by atoms with Crippen LogP contribution < -0.4 is 0 Å². The molecule has 3 nitrogen and oxygen atoms in total. The third kappa shape index (κ3) is 3.05. The SMILES string of the molecule is CSC(=NC#N)N(C)Cc1cccs1. The standard InChI is InChI=1S/C9H11N3S2/c1-12(9(13-2)11-7-10)6-8-4-3-5-14-8/h3-5H,6H2,1-2H3. The number of rotatable bonds is 2. The van der Waals surface area contributed by atoms with E-state index >= 15 is 0 Å². The van der Waals surface area contributed by atoms with Crippen molar-refractivity contribution >= 4 is 28.3 Å². The first-order valence-electron chi connectivity index (χ1n) is 4.02. The lowest BCUT2D eigenvalue weighted by Gasteiger charge is -2.17. The summed E-state index contributed by atoms with van der Waals surface area (Å²) in [5.41, 5.74) is 0. The van der Waals surface area contributed by atoms with Gasteiger partial charge in [-0.05, 0) is 17.7 Å². The van der Waals surface area contributed by atoms with Gasteiger partial charge in [-0.2, -0.15) is 5.26 Å². The summed E-state index contributed by atoms with van der Waals surface area (Å²) in [7, 11) is 1.94. The van der Waals surface area contributed by atoms with Crippen LogP contribution in [0.25, 0.3) is 0 Å². The quantitative estimate of drug-likeness (QED) is 0.441. The number of thiophene rings is 1. The van der Waals surface area contributed by atoms with Crippen LogP contribution in [0.15, 0.2) is 22.5 Å². The Labute approximate surface area is 92.1 Å². The van der Waals surface area contributed by atoms with Crippen molar-refractivity contribution in [2.24, 2.45) is 4.99 Å². The molecule has 0 unspecified atom stereocenters. The fourth-order valence-corrected chi connectivity index (χ4v) is 2.30. The Morgan fingerprint density at radius 2 is 2.57 bits per heavy atom. The van der Waals surface area contributed by atoms with Gasteiger partial charge in [0.15, 0.2) is 5.17 Å². The molecule has 0 amide bonds. The Morgan fingerprint density at radius 3 is 3.07 bits per heavy atom. The first-order chi connectivity index (χ1) is 6.77. The van der Waals surface area contributed by atoms with Gasteiger partial charge in [0.25, 0.3) is 0 Å². The van der Waals surface area contributed by atoms with Crippen molar-refractivity contribution in [3.05, 3.63) is 22.4 Å². The maximum absolute atomic E-state index is 8.47. The van der Waals surface area contributed by atoms with Crippen molar-refractivity contribution in [2.75, 3.05) is 13.3 Å². The topological polar surface area (TPSA) is 39.4 Å². The summed E-state index contributed by atoms with van der Waals surface area (Å²) >= 11 is 3.19. The zero-order valence-electron chi connectivity index (χ0n) is 8.10. The van der Waals surface area contributed by atoms with Crippen LogP contribution in [0, 0.1) is 11.5 Å². The van der Waals surface area contributed by atoms with Crippen molar-refractivity contribution in [3.8, 4) is 6.19 Å². The van der Waals surface area contributed by atoms with E-state index in [-0.39, 0.29) is 0 Å². The molecule has 5 heteroatoms. The Kier molecular flexibility index (Phi) is 4.50. The molecule has 0 spiro atoms. The molecule has 0 saturated carbocycles. The van der Waals surface area contributed by atoms with Crippen LogP contribution in [-0.4, -0.2) is 23.4 Å². The van der Waals surface area contributed by atoms with Gasteiger partial charge in [0.05, 0.1) is 6.54 Å². The Bertz CT molecular complexity index is 337. The van der Waals surface area contributed by atoms with Gasteiger partial charge in [-0.1, -0.05) is 17.8 Å².